The van der Waals surface area contributed by atoms with Crippen molar-refractivity contribution in [3.63, 3.8) is 0 Å². The van der Waals surface area contributed by atoms with Gasteiger partial charge < -0.3 is 9.47 Å². The minimum Gasteiger partial charge on any atom is -0.485 e. The number of halogens is 1. The average molecular weight is 417 g/mol. The fourth-order valence-corrected chi connectivity index (χ4v) is 3.44. The summed E-state index contributed by atoms with van der Waals surface area (Å²) in [5.41, 5.74) is 1.32. The van der Waals surface area contributed by atoms with Crippen LogP contribution in [0.4, 0.5) is 5.13 Å². The number of carbonyl (C=O) groups is 1. The summed E-state index contributed by atoms with van der Waals surface area (Å²) in [6.45, 7) is 0.390. The Morgan fingerprint density at radius 3 is 2.72 bits per heavy atom. The summed E-state index contributed by atoms with van der Waals surface area (Å²) in [5.74, 6) is 1.24. The van der Waals surface area contributed by atoms with E-state index in [2.05, 4.69) is 26.2 Å². The van der Waals surface area contributed by atoms with Crippen molar-refractivity contribution in [2.75, 3.05) is 11.9 Å². The van der Waals surface area contributed by atoms with Crippen LogP contribution in [0.25, 0.3) is 0 Å². The largest absolute Gasteiger partial charge is 0.485 e. The van der Waals surface area contributed by atoms with Gasteiger partial charge in [-0.1, -0.05) is 28.1 Å². The van der Waals surface area contributed by atoms with E-state index in [4.69, 9.17) is 9.47 Å². The zero-order valence-corrected chi connectivity index (χ0v) is 15.3. The number of amides is 1. The quantitative estimate of drug-likeness (QED) is 0.673. The lowest BCUT2D eigenvalue weighted by atomic mass is 10.2. The number of hydrogen-bond acceptors (Lipinski definition) is 5. The van der Waals surface area contributed by atoms with E-state index in [0.717, 1.165) is 15.9 Å². The van der Waals surface area contributed by atoms with Crippen LogP contribution in [0.15, 0.2) is 58.4 Å². The molecule has 0 saturated heterocycles. The number of nitrogens with zero attached hydrogens (tertiary/aromatic N) is 1. The third-order valence-corrected chi connectivity index (χ3v) is 4.99. The van der Waals surface area contributed by atoms with Crippen LogP contribution in [0, 0.1) is 0 Å². The van der Waals surface area contributed by atoms with Crippen molar-refractivity contribution in [3.8, 4) is 11.5 Å². The lowest BCUT2D eigenvalue weighted by Gasteiger charge is -2.25. The molecule has 0 fully saturated rings. The maximum Gasteiger partial charge on any atom is 0.257 e. The van der Waals surface area contributed by atoms with E-state index in [-0.39, 0.29) is 12.0 Å². The number of aromatic nitrogens is 1. The Balaban J connectivity index is 1.46. The van der Waals surface area contributed by atoms with Gasteiger partial charge in [-0.05, 0) is 36.4 Å². The number of para-hydroxylation sites is 2. The Bertz CT molecular complexity index is 911. The molecule has 0 aliphatic carbocycles. The zero-order valence-electron chi connectivity index (χ0n) is 12.9. The number of thiazole rings is 1. The van der Waals surface area contributed by atoms with Crippen LogP contribution < -0.4 is 14.8 Å². The molecule has 4 rings (SSSR count). The van der Waals surface area contributed by atoms with E-state index in [1.807, 2.05) is 41.8 Å². The first-order chi connectivity index (χ1) is 12.2. The summed E-state index contributed by atoms with van der Waals surface area (Å²) >= 11 is 4.72. The Morgan fingerprint density at radius 1 is 1.16 bits per heavy atom. The molecule has 1 atom stereocenters. The molecule has 126 valence electrons. The number of benzene rings is 2. The second-order valence-electron chi connectivity index (χ2n) is 5.40. The molecule has 2 aromatic carbocycles. The number of rotatable bonds is 3. The molecule has 2 heterocycles. The topological polar surface area (TPSA) is 60.5 Å². The number of hydrogen-bond donors (Lipinski definition) is 1. The molecule has 1 aliphatic heterocycles. The van der Waals surface area contributed by atoms with Crippen molar-refractivity contribution in [2.45, 2.75) is 6.10 Å². The van der Waals surface area contributed by atoms with Crippen LogP contribution in [-0.2, 0) is 0 Å². The van der Waals surface area contributed by atoms with Gasteiger partial charge in [-0.2, -0.15) is 0 Å². The van der Waals surface area contributed by atoms with Crippen LogP contribution >= 0.6 is 27.3 Å². The highest BCUT2D eigenvalue weighted by Crippen LogP contribution is 2.36. The van der Waals surface area contributed by atoms with Gasteiger partial charge in [-0.25, -0.2) is 4.98 Å². The van der Waals surface area contributed by atoms with Crippen molar-refractivity contribution in [1.82, 2.24) is 4.98 Å². The van der Waals surface area contributed by atoms with Crippen molar-refractivity contribution in [1.29, 1.82) is 0 Å². The molecule has 1 amide bonds. The third-order valence-electron chi connectivity index (χ3n) is 3.69. The molecular formula is C18H13BrN2O3S. The van der Waals surface area contributed by atoms with Gasteiger partial charge in [-0.15, -0.1) is 11.3 Å². The van der Waals surface area contributed by atoms with E-state index in [9.17, 15) is 4.79 Å². The summed E-state index contributed by atoms with van der Waals surface area (Å²) < 4.78 is 12.6. The molecular weight excluding hydrogens is 404 g/mol. The molecule has 0 spiro atoms. The monoisotopic (exact) mass is 416 g/mol. The smallest absolute Gasteiger partial charge is 0.257 e. The molecule has 1 aliphatic rings. The molecule has 25 heavy (non-hydrogen) atoms. The molecule has 3 aromatic rings. The van der Waals surface area contributed by atoms with E-state index >= 15 is 0 Å². The van der Waals surface area contributed by atoms with Gasteiger partial charge in [0.1, 0.15) is 6.61 Å². The Labute approximate surface area is 156 Å². The van der Waals surface area contributed by atoms with Gasteiger partial charge in [0.2, 0.25) is 0 Å². The second-order valence-corrected chi connectivity index (χ2v) is 7.18. The molecule has 1 unspecified atom stereocenters. The van der Waals surface area contributed by atoms with Gasteiger partial charge in [0.05, 0.1) is 5.69 Å². The standard InChI is InChI=1S/C18H13BrN2O3S/c19-12-7-5-11(6-8-12)17(22)21-18-20-13(10-25-18)16-9-23-14-3-1-2-4-15(14)24-16/h1-8,10,16H,9H2,(H,20,21,22). The van der Waals surface area contributed by atoms with Crippen molar-refractivity contribution in [3.05, 3.63) is 69.6 Å². The number of anilines is 1. The highest BCUT2D eigenvalue weighted by molar-refractivity contribution is 9.10. The summed E-state index contributed by atoms with van der Waals surface area (Å²) in [4.78, 5) is 16.7. The van der Waals surface area contributed by atoms with E-state index in [0.29, 0.717) is 23.1 Å². The Kier molecular flexibility index (Phi) is 4.42. The maximum atomic E-state index is 12.3. The number of nitrogens with one attached hydrogen (secondary N) is 1. The third kappa shape index (κ3) is 3.52. The lowest BCUT2D eigenvalue weighted by molar-refractivity contribution is 0.0888. The SMILES string of the molecule is O=C(Nc1nc(C2COc3ccccc3O2)cs1)c1ccc(Br)cc1. The second kappa shape index (κ2) is 6.85. The van der Waals surface area contributed by atoms with E-state index in [1.165, 1.54) is 11.3 Å². The van der Waals surface area contributed by atoms with Gasteiger partial charge in [0, 0.05) is 15.4 Å². The number of carbonyl (C=O) groups excluding carboxylic acids is 1. The predicted molar refractivity (Wildman–Crippen MR) is 99.5 cm³/mol. The van der Waals surface area contributed by atoms with Crippen LogP contribution in [0.5, 0.6) is 11.5 Å². The molecule has 5 nitrogen and oxygen atoms in total. The van der Waals surface area contributed by atoms with Crippen molar-refractivity contribution < 1.29 is 14.3 Å². The molecule has 0 saturated carbocycles. The fourth-order valence-electron chi connectivity index (χ4n) is 2.43. The minimum absolute atomic E-state index is 0.195. The van der Waals surface area contributed by atoms with Gasteiger partial charge >= 0.3 is 0 Å². The van der Waals surface area contributed by atoms with Crippen LogP contribution in [-0.4, -0.2) is 17.5 Å². The van der Waals surface area contributed by atoms with Crippen LogP contribution in [0.3, 0.4) is 0 Å². The molecule has 1 aromatic heterocycles. The summed E-state index contributed by atoms with van der Waals surface area (Å²) in [6, 6.07) is 14.7. The summed E-state index contributed by atoms with van der Waals surface area (Å²) in [7, 11) is 0. The van der Waals surface area contributed by atoms with Gasteiger partial charge in [-0.3, -0.25) is 10.1 Å². The highest BCUT2D eigenvalue weighted by atomic mass is 79.9. The molecule has 1 N–H and O–H groups in total. The van der Waals surface area contributed by atoms with Gasteiger partial charge in [0.25, 0.3) is 5.91 Å². The molecule has 0 bridgehead atoms. The van der Waals surface area contributed by atoms with Crippen molar-refractivity contribution in [2.24, 2.45) is 0 Å². The fraction of sp³-hybridized carbons (Fsp3) is 0.111. The number of ether oxygens (including phenoxy) is 2. The normalized spacial score (nSPS) is 15.6. The first kappa shape index (κ1) is 16.1. The van der Waals surface area contributed by atoms with E-state index in [1.54, 1.807) is 12.1 Å². The molecule has 0 radical (unpaired) electrons. The van der Waals surface area contributed by atoms with E-state index < -0.39 is 0 Å². The first-order valence-corrected chi connectivity index (χ1v) is 9.27. The maximum absolute atomic E-state index is 12.3. The van der Waals surface area contributed by atoms with Gasteiger partial charge in [0.15, 0.2) is 22.7 Å². The van der Waals surface area contributed by atoms with Crippen molar-refractivity contribution >= 4 is 38.3 Å². The minimum atomic E-state index is -0.288. The lowest BCUT2D eigenvalue weighted by Crippen LogP contribution is -2.22. The summed E-state index contributed by atoms with van der Waals surface area (Å²) in [6.07, 6.45) is -0.288. The Hall–Kier alpha value is -2.38. The van der Waals surface area contributed by atoms with Crippen LogP contribution in [0.1, 0.15) is 22.2 Å². The van der Waals surface area contributed by atoms with Crippen LogP contribution in [0.2, 0.25) is 0 Å². The predicted octanol–water partition coefficient (Wildman–Crippen LogP) is 4.67. The average Bonchev–Trinajstić information content (AvgIpc) is 3.10. The Morgan fingerprint density at radius 2 is 1.92 bits per heavy atom. The number of fused-ring (bicyclic) bond motifs is 1. The zero-order chi connectivity index (χ0) is 17.2. The highest BCUT2D eigenvalue weighted by Gasteiger charge is 2.24. The first-order valence-electron chi connectivity index (χ1n) is 7.60. The summed E-state index contributed by atoms with van der Waals surface area (Å²) in [5, 5.41) is 5.22. The molecule has 7 heteroatoms.